The summed E-state index contributed by atoms with van der Waals surface area (Å²) in [5, 5.41) is 15.7. The predicted octanol–water partition coefficient (Wildman–Crippen LogP) is 2.08. The lowest BCUT2D eigenvalue weighted by molar-refractivity contribution is -0.143. The number of nitrogens with one attached hydrogen (secondary N) is 2. The summed E-state index contributed by atoms with van der Waals surface area (Å²) in [6.45, 7) is 4.83. The van der Waals surface area contributed by atoms with E-state index in [-0.39, 0.29) is 11.8 Å². The number of hydrogen-bond acceptors (Lipinski definition) is 6. The molecule has 32 heavy (non-hydrogen) atoms. The van der Waals surface area contributed by atoms with Crippen LogP contribution in [-0.2, 0) is 27.2 Å². The van der Waals surface area contributed by atoms with Crippen LogP contribution >= 0.6 is 0 Å². The molecule has 4 rings (SSSR count). The fourth-order valence-corrected chi connectivity index (χ4v) is 5.03. The number of rotatable bonds is 9. The van der Waals surface area contributed by atoms with Gasteiger partial charge < -0.3 is 25.4 Å². The Balaban J connectivity index is 1.19. The zero-order valence-electron chi connectivity index (χ0n) is 18.9. The fourth-order valence-electron chi connectivity index (χ4n) is 5.03. The highest BCUT2D eigenvalue weighted by molar-refractivity contribution is 5.85. The van der Waals surface area contributed by atoms with E-state index in [0.29, 0.717) is 44.9 Å². The third kappa shape index (κ3) is 6.19. The summed E-state index contributed by atoms with van der Waals surface area (Å²) < 4.78 is 5.29. The van der Waals surface area contributed by atoms with E-state index in [9.17, 15) is 14.7 Å². The summed E-state index contributed by atoms with van der Waals surface area (Å²) in [5.41, 5.74) is 2.47. The van der Waals surface area contributed by atoms with Gasteiger partial charge in [-0.05, 0) is 75.5 Å². The van der Waals surface area contributed by atoms with Gasteiger partial charge in [0.15, 0.2) is 0 Å². The number of likely N-dealkylation sites (tertiary alicyclic amines) is 1. The molecule has 0 saturated carbocycles. The van der Waals surface area contributed by atoms with Crippen molar-refractivity contribution in [2.24, 2.45) is 11.8 Å². The van der Waals surface area contributed by atoms with Crippen LogP contribution in [0.1, 0.15) is 49.8 Å². The maximum Gasteiger partial charge on any atom is 0.326 e. The molecule has 1 amide bonds. The molecule has 1 aromatic heterocycles. The summed E-state index contributed by atoms with van der Waals surface area (Å²) in [6, 6.07) is 3.55. The van der Waals surface area contributed by atoms with E-state index in [0.717, 1.165) is 56.8 Å². The fraction of sp³-hybridized carbons (Fsp3) is 0.708. The minimum absolute atomic E-state index is 0.130. The van der Waals surface area contributed by atoms with Crippen molar-refractivity contribution in [3.8, 4) is 0 Å². The van der Waals surface area contributed by atoms with Crippen molar-refractivity contribution in [3.63, 3.8) is 0 Å². The predicted molar refractivity (Wildman–Crippen MR) is 122 cm³/mol. The molecular formula is C24H36N4O4. The van der Waals surface area contributed by atoms with Crippen LogP contribution in [0.3, 0.4) is 0 Å². The number of carboxylic acid groups (broad SMARTS) is 1. The zero-order chi connectivity index (χ0) is 22.3. The van der Waals surface area contributed by atoms with Crippen LogP contribution in [0.5, 0.6) is 0 Å². The lowest BCUT2D eigenvalue weighted by Crippen LogP contribution is -2.46. The summed E-state index contributed by atoms with van der Waals surface area (Å²) in [4.78, 5) is 31.2. The molecule has 3 aliphatic rings. The zero-order valence-corrected chi connectivity index (χ0v) is 18.9. The highest BCUT2D eigenvalue weighted by Crippen LogP contribution is 2.24. The summed E-state index contributed by atoms with van der Waals surface area (Å²) in [7, 11) is 0. The van der Waals surface area contributed by atoms with Gasteiger partial charge in [-0.25, -0.2) is 9.78 Å². The smallest absolute Gasteiger partial charge is 0.326 e. The number of anilines is 1. The van der Waals surface area contributed by atoms with Gasteiger partial charge in [0, 0.05) is 44.5 Å². The van der Waals surface area contributed by atoms with E-state index in [2.05, 4.69) is 27.7 Å². The first kappa shape index (κ1) is 23.0. The minimum Gasteiger partial charge on any atom is -0.480 e. The monoisotopic (exact) mass is 444 g/mol. The van der Waals surface area contributed by atoms with E-state index in [1.807, 2.05) is 0 Å². The number of aryl methyl sites for hydroxylation is 2. The van der Waals surface area contributed by atoms with Gasteiger partial charge in [-0.1, -0.05) is 6.07 Å². The number of hydrogen-bond donors (Lipinski definition) is 3. The molecule has 0 aromatic carbocycles. The average molecular weight is 445 g/mol. The first-order valence-electron chi connectivity index (χ1n) is 12.1. The van der Waals surface area contributed by atoms with Crippen molar-refractivity contribution < 1.29 is 19.4 Å². The Bertz CT molecular complexity index is 796. The van der Waals surface area contributed by atoms with E-state index in [4.69, 9.17) is 9.72 Å². The lowest BCUT2D eigenvalue weighted by atomic mass is 9.98. The summed E-state index contributed by atoms with van der Waals surface area (Å²) >= 11 is 0. The van der Waals surface area contributed by atoms with Gasteiger partial charge in [0.2, 0.25) is 5.91 Å². The molecule has 0 aliphatic carbocycles. The maximum atomic E-state index is 12.4. The first-order chi connectivity index (χ1) is 15.6. The average Bonchev–Trinajstić information content (AvgIpc) is 3.28. The second-order valence-corrected chi connectivity index (χ2v) is 9.41. The Labute approximate surface area is 190 Å². The second kappa shape index (κ2) is 11.1. The third-order valence-corrected chi connectivity index (χ3v) is 7.07. The number of nitrogens with zero attached hydrogens (tertiary/aromatic N) is 2. The van der Waals surface area contributed by atoms with Gasteiger partial charge in [-0.3, -0.25) is 4.79 Å². The quantitative estimate of drug-likeness (QED) is 0.536. The standard InChI is InChI=1S/C24H36N4O4/c29-23(19-9-14-32-15-10-19)27-21(24(30)31)8-13-28-12-7-17(16-28)3-5-20-6-4-18-2-1-11-25-22(18)26-20/h4,6,17,19,21H,1-3,5,7-16H2,(H,25,26)(H,27,29)(H,30,31). The first-order valence-corrected chi connectivity index (χ1v) is 12.1. The van der Waals surface area contributed by atoms with Crippen LogP contribution in [0.25, 0.3) is 0 Å². The third-order valence-electron chi connectivity index (χ3n) is 7.07. The number of carbonyl (C=O) groups is 2. The largest absolute Gasteiger partial charge is 0.480 e. The van der Waals surface area contributed by atoms with Gasteiger partial charge in [-0.2, -0.15) is 0 Å². The molecule has 0 spiro atoms. The Morgan fingerprint density at radius 3 is 2.94 bits per heavy atom. The normalized spacial score (nSPS) is 22.7. The van der Waals surface area contributed by atoms with Crippen LogP contribution in [0.15, 0.2) is 12.1 Å². The highest BCUT2D eigenvalue weighted by atomic mass is 16.5. The van der Waals surface area contributed by atoms with E-state index in [1.165, 1.54) is 12.0 Å². The molecule has 8 nitrogen and oxygen atoms in total. The molecule has 0 bridgehead atoms. The Morgan fingerprint density at radius 2 is 2.12 bits per heavy atom. The lowest BCUT2D eigenvalue weighted by Gasteiger charge is -2.24. The number of aliphatic carboxylic acids is 1. The Hall–Kier alpha value is -2.19. The van der Waals surface area contributed by atoms with Crippen molar-refractivity contribution in [2.75, 3.05) is 44.7 Å². The number of fused-ring (bicyclic) bond motifs is 1. The molecule has 2 atom stereocenters. The maximum absolute atomic E-state index is 12.4. The van der Waals surface area contributed by atoms with Crippen LogP contribution < -0.4 is 10.6 Å². The molecule has 176 valence electrons. The molecule has 2 fully saturated rings. The van der Waals surface area contributed by atoms with Crippen LogP contribution in [0.2, 0.25) is 0 Å². The minimum atomic E-state index is -0.951. The number of aromatic nitrogens is 1. The van der Waals surface area contributed by atoms with Gasteiger partial charge in [0.25, 0.3) is 0 Å². The SMILES string of the molecule is O=C(NC(CCN1CCC(CCc2ccc3c(n2)NCCC3)C1)C(=O)O)C1CCOCC1. The molecule has 8 heteroatoms. The Kier molecular flexibility index (Phi) is 7.97. The molecule has 0 radical (unpaired) electrons. The molecule has 1 aromatic rings. The molecule has 4 heterocycles. The van der Waals surface area contributed by atoms with Gasteiger partial charge in [0.1, 0.15) is 11.9 Å². The van der Waals surface area contributed by atoms with Gasteiger partial charge in [-0.15, -0.1) is 0 Å². The van der Waals surface area contributed by atoms with E-state index in [1.54, 1.807) is 0 Å². The van der Waals surface area contributed by atoms with Crippen molar-refractivity contribution in [1.82, 2.24) is 15.2 Å². The van der Waals surface area contributed by atoms with E-state index < -0.39 is 12.0 Å². The number of amides is 1. The summed E-state index contributed by atoms with van der Waals surface area (Å²) in [5.74, 6) is 0.444. The highest BCUT2D eigenvalue weighted by Gasteiger charge is 2.28. The summed E-state index contributed by atoms with van der Waals surface area (Å²) in [6.07, 6.45) is 7.28. The van der Waals surface area contributed by atoms with Gasteiger partial charge in [0.05, 0.1) is 0 Å². The number of pyridine rings is 1. The molecular weight excluding hydrogens is 408 g/mol. The Morgan fingerprint density at radius 1 is 1.28 bits per heavy atom. The van der Waals surface area contributed by atoms with Crippen molar-refractivity contribution >= 4 is 17.7 Å². The second-order valence-electron chi connectivity index (χ2n) is 9.41. The van der Waals surface area contributed by atoms with Crippen LogP contribution in [-0.4, -0.2) is 72.3 Å². The molecule has 2 saturated heterocycles. The molecule has 3 aliphatic heterocycles. The number of carbonyl (C=O) groups excluding carboxylic acids is 1. The van der Waals surface area contributed by atoms with Crippen molar-refractivity contribution in [3.05, 3.63) is 23.4 Å². The van der Waals surface area contributed by atoms with Crippen LogP contribution in [0.4, 0.5) is 5.82 Å². The van der Waals surface area contributed by atoms with Gasteiger partial charge >= 0.3 is 5.97 Å². The van der Waals surface area contributed by atoms with Crippen molar-refractivity contribution in [1.29, 1.82) is 0 Å². The van der Waals surface area contributed by atoms with E-state index >= 15 is 0 Å². The van der Waals surface area contributed by atoms with Crippen molar-refractivity contribution in [2.45, 2.75) is 57.4 Å². The van der Waals surface area contributed by atoms with Crippen LogP contribution in [0, 0.1) is 11.8 Å². The number of carboxylic acids is 1. The molecule has 2 unspecified atom stereocenters. The topological polar surface area (TPSA) is 104 Å². The number of ether oxygens (including phenoxy) is 1. The molecule has 3 N–H and O–H groups in total.